The molecule has 9 heteroatoms. The SMILES string of the molecule is CCOC(=O)[C@@H](NC(=O)c1cccc(S(=O)(=O)N2CCOCC2)c1)C(C)C. The van der Waals surface area contributed by atoms with Crippen LogP contribution in [0.1, 0.15) is 31.1 Å². The van der Waals surface area contributed by atoms with Crippen LogP contribution >= 0.6 is 0 Å². The molecule has 1 fully saturated rings. The monoisotopic (exact) mass is 398 g/mol. The maximum atomic E-state index is 12.8. The summed E-state index contributed by atoms with van der Waals surface area (Å²) in [5.41, 5.74) is 0.166. The van der Waals surface area contributed by atoms with Gasteiger partial charge in [-0.25, -0.2) is 13.2 Å². The van der Waals surface area contributed by atoms with Gasteiger partial charge in [0, 0.05) is 18.7 Å². The normalized spacial score (nSPS) is 16.7. The highest BCUT2D eigenvalue weighted by molar-refractivity contribution is 7.89. The summed E-state index contributed by atoms with van der Waals surface area (Å²) in [4.78, 5) is 24.6. The molecule has 1 heterocycles. The maximum absolute atomic E-state index is 12.8. The van der Waals surface area contributed by atoms with Crippen LogP contribution in [0.25, 0.3) is 0 Å². The van der Waals surface area contributed by atoms with Crippen LogP contribution in [0.4, 0.5) is 0 Å². The summed E-state index contributed by atoms with van der Waals surface area (Å²) in [6.45, 7) is 6.72. The summed E-state index contributed by atoms with van der Waals surface area (Å²) >= 11 is 0. The zero-order valence-corrected chi connectivity index (χ0v) is 16.6. The second-order valence-corrected chi connectivity index (χ2v) is 8.43. The lowest BCUT2D eigenvalue weighted by Crippen LogP contribution is -2.45. The predicted molar refractivity (Wildman–Crippen MR) is 98.7 cm³/mol. The summed E-state index contributed by atoms with van der Waals surface area (Å²) < 4.78 is 37.0. The molecule has 1 aromatic carbocycles. The highest BCUT2D eigenvalue weighted by atomic mass is 32.2. The van der Waals surface area contributed by atoms with Gasteiger partial charge in [-0.2, -0.15) is 4.31 Å². The number of hydrogen-bond acceptors (Lipinski definition) is 6. The van der Waals surface area contributed by atoms with Gasteiger partial charge >= 0.3 is 5.97 Å². The Hall–Kier alpha value is -1.97. The van der Waals surface area contributed by atoms with Gasteiger partial charge in [-0.15, -0.1) is 0 Å². The van der Waals surface area contributed by atoms with Gasteiger partial charge in [0.15, 0.2) is 0 Å². The number of sulfonamides is 1. The molecule has 0 bridgehead atoms. The van der Waals surface area contributed by atoms with Gasteiger partial charge in [-0.05, 0) is 31.0 Å². The number of amides is 1. The summed E-state index contributed by atoms with van der Waals surface area (Å²) in [6, 6.07) is 4.99. The molecule has 1 amide bonds. The van der Waals surface area contributed by atoms with Gasteiger partial charge in [0.1, 0.15) is 6.04 Å². The van der Waals surface area contributed by atoms with Crippen molar-refractivity contribution < 1.29 is 27.5 Å². The molecule has 2 rings (SSSR count). The van der Waals surface area contributed by atoms with Crippen molar-refractivity contribution >= 4 is 21.9 Å². The number of hydrogen-bond donors (Lipinski definition) is 1. The van der Waals surface area contributed by atoms with Gasteiger partial charge in [-0.1, -0.05) is 19.9 Å². The average molecular weight is 398 g/mol. The summed E-state index contributed by atoms with van der Waals surface area (Å²) in [6.07, 6.45) is 0. The van der Waals surface area contributed by atoms with Gasteiger partial charge in [0.25, 0.3) is 5.91 Å². The number of morpholine rings is 1. The molecule has 27 heavy (non-hydrogen) atoms. The molecule has 1 saturated heterocycles. The van der Waals surface area contributed by atoms with E-state index in [1.54, 1.807) is 20.8 Å². The third kappa shape index (κ3) is 5.27. The number of ether oxygens (including phenoxy) is 2. The quantitative estimate of drug-likeness (QED) is 0.688. The zero-order chi connectivity index (χ0) is 20.0. The van der Waals surface area contributed by atoms with E-state index in [0.29, 0.717) is 13.2 Å². The minimum Gasteiger partial charge on any atom is -0.464 e. The van der Waals surface area contributed by atoms with Crippen LogP contribution in [0, 0.1) is 5.92 Å². The molecule has 1 aliphatic heterocycles. The average Bonchev–Trinajstić information content (AvgIpc) is 2.66. The fourth-order valence-corrected chi connectivity index (χ4v) is 4.14. The molecule has 1 aliphatic rings. The van der Waals surface area contributed by atoms with E-state index < -0.39 is 27.9 Å². The van der Waals surface area contributed by atoms with E-state index in [9.17, 15) is 18.0 Å². The first-order valence-corrected chi connectivity index (χ1v) is 10.4. The molecule has 0 aromatic heterocycles. The number of rotatable bonds is 7. The summed E-state index contributed by atoms with van der Waals surface area (Å²) in [5, 5.41) is 2.63. The van der Waals surface area contributed by atoms with Crippen molar-refractivity contribution in [3.8, 4) is 0 Å². The molecule has 150 valence electrons. The van der Waals surface area contributed by atoms with E-state index in [-0.39, 0.29) is 36.1 Å². The minimum absolute atomic E-state index is 0.0364. The van der Waals surface area contributed by atoms with Crippen molar-refractivity contribution in [2.45, 2.75) is 31.7 Å². The Morgan fingerprint density at radius 3 is 2.52 bits per heavy atom. The fraction of sp³-hybridized carbons (Fsp3) is 0.556. The predicted octanol–water partition coefficient (Wildman–Crippen LogP) is 1.02. The van der Waals surface area contributed by atoms with E-state index in [1.165, 1.54) is 28.6 Å². The van der Waals surface area contributed by atoms with E-state index in [4.69, 9.17) is 9.47 Å². The topological polar surface area (TPSA) is 102 Å². The van der Waals surface area contributed by atoms with Crippen LogP contribution in [0.3, 0.4) is 0 Å². The van der Waals surface area contributed by atoms with E-state index >= 15 is 0 Å². The Morgan fingerprint density at radius 1 is 1.26 bits per heavy atom. The zero-order valence-electron chi connectivity index (χ0n) is 15.8. The summed E-state index contributed by atoms with van der Waals surface area (Å²) in [7, 11) is -3.71. The Balaban J connectivity index is 2.20. The lowest BCUT2D eigenvalue weighted by atomic mass is 10.0. The van der Waals surface area contributed by atoms with Crippen molar-refractivity contribution in [1.82, 2.24) is 9.62 Å². The third-order valence-corrected chi connectivity index (χ3v) is 6.09. The molecular formula is C18H26N2O6S. The lowest BCUT2D eigenvalue weighted by molar-refractivity contribution is -0.146. The van der Waals surface area contributed by atoms with Crippen molar-refractivity contribution in [1.29, 1.82) is 0 Å². The number of carbonyl (C=O) groups excluding carboxylic acids is 2. The first-order chi connectivity index (χ1) is 12.8. The number of nitrogens with one attached hydrogen (secondary N) is 1. The van der Waals surface area contributed by atoms with Crippen molar-refractivity contribution in [3.63, 3.8) is 0 Å². The fourth-order valence-electron chi connectivity index (χ4n) is 2.69. The second kappa shape index (κ2) is 9.29. The number of esters is 1. The molecule has 0 radical (unpaired) electrons. The molecule has 1 atom stereocenters. The molecule has 0 unspecified atom stereocenters. The Kier molecular flexibility index (Phi) is 7.34. The summed E-state index contributed by atoms with van der Waals surface area (Å²) in [5.74, 6) is -1.22. The minimum atomic E-state index is -3.71. The number of nitrogens with zero attached hydrogens (tertiary/aromatic N) is 1. The van der Waals surface area contributed by atoms with Crippen molar-refractivity contribution in [3.05, 3.63) is 29.8 Å². The molecule has 8 nitrogen and oxygen atoms in total. The molecule has 0 spiro atoms. The Bertz CT molecular complexity index is 772. The lowest BCUT2D eigenvalue weighted by Gasteiger charge is -2.26. The van der Waals surface area contributed by atoms with Crippen LogP contribution in [0.15, 0.2) is 29.2 Å². The highest BCUT2D eigenvalue weighted by Gasteiger charge is 2.28. The first-order valence-electron chi connectivity index (χ1n) is 8.92. The van der Waals surface area contributed by atoms with Crippen molar-refractivity contribution in [2.24, 2.45) is 5.92 Å². The van der Waals surface area contributed by atoms with Crippen LogP contribution in [0.5, 0.6) is 0 Å². The molecule has 0 saturated carbocycles. The molecule has 1 aromatic rings. The van der Waals surface area contributed by atoms with Crippen LogP contribution in [-0.2, 0) is 24.3 Å². The van der Waals surface area contributed by atoms with E-state index in [1.807, 2.05) is 0 Å². The Morgan fingerprint density at radius 2 is 1.93 bits per heavy atom. The van der Waals surface area contributed by atoms with Gasteiger partial charge < -0.3 is 14.8 Å². The van der Waals surface area contributed by atoms with Crippen LogP contribution in [0.2, 0.25) is 0 Å². The van der Waals surface area contributed by atoms with Crippen molar-refractivity contribution in [2.75, 3.05) is 32.9 Å². The molecule has 1 N–H and O–H groups in total. The van der Waals surface area contributed by atoms with Gasteiger partial charge in [0.2, 0.25) is 10.0 Å². The van der Waals surface area contributed by atoms with Crippen LogP contribution in [-0.4, -0.2) is 63.6 Å². The van der Waals surface area contributed by atoms with Crippen LogP contribution < -0.4 is 5.32 Å². The second-order valence-electron chi connectivity index (χ2n) is 6.49. The van der Waals surface area contributed by atoms with Gasteiger partial charge in [0.05, 0.1) is 24.7 Å². The van der Waals surface area contributed by atoms with Gasteiger partial charge in [-0.3, -0.25) is 4.79 Å². The molecular weight excluding hydrogens is 372 g/mol. The number of benzene rings is 1. The van der Waals surface area contributed by atoms with E-state index in [0.717, 1.165) is 0 Å². The maximum Gasteiger partial charge on any atom is 0.328 e. The largest absolute Gasteiger partial charge is 0.464 e. The first kappa shape index (κ1) is 21.3. The number of carbonyl (C=O) groups is 2. The molecule has 0 aliphatic carbocycles. The highest BCUT2D eigenvalue weighted by Crippen LogP contribution is 2.18. The third-order valence-electron chi connectivity index (χ3n) is 4.20. The van der Waals surface area contributed by atoms with E-state index in [2.05, 4.69) is 5.32 Å². The smallest absolute Gasteiger partial charge is 0.328 e. The standard InChI is InChI=1S/C18H26N2O6S/c1-4-26-18(22)16(13(2)3)19-17(21)14-6-5-7-15(12-14)27(23,24)20-8-10-25-11-9-20/h5-7,12-13,16H,4,8-11H2,1-3H3,(H,19,21)/t16-/m0/s1. The Labute approximate surface area is 159 Å².